The maximum atomic E-state index is 10.8. The van der Waals surface area contributed by atoms with Crippen LogP contribution in [0.5, 0.6) is 0 Å². The number of nitrogens with zero attached hydrogens (tertiary/aromatic N) is 2. The summed E-state index contributed by atoms with van der Waals surface area (Å²) >= 11 is 4.60. The quantitative estimate of drug-likeness (QED) is 0.910. The van der Waals surface area contributed by atoms with Crippen LogP contribution in [0.3, 0.4) is 0 Å². The summed E-state index contributed by atoms with van der Waals surface area (Å²) in [7, 11) is 0. The monoisotopic (exact) mass is 299 g/mol. The van der Waals surface area contributed by atoms with Crippen LogP contribution in [0.15, 0.2) is 38.7 Å². The van der Waals surface area contributed by atoms with Gasteiger partial charge < -0.3 is 5.11 Å². The van der Waals surface area contributed by atoms with Crippen LogP contribution < -0.4 is 0 Å². The summed E-state index contributed by atoms with van der Waals surface area (Å²) in [4.78, 5) is 11.7. The fourth-order valence-corrected chi connectivity index (χ4v) is 2.13. The van der Waals surface area contributed by atoms with E-state index in [0.717, 1.165) is 9.37 Å². The van der Waals surface area contributed by atoms with Crippen molar-refractivity contribution in [1.82, 2.24) is 15.4 Å². The van der Waals surface area contributed by atoms with Gasteiger partial charge in [0.2, 0.25) is 5.69 Å². The molecule has 7 heteroatoms. The molecule has 0 amide bonds. The number of nitrogens with one attached hydrogen (secondary N) is 1. The first kappa shape index (κ1) is 11.2. The van der Waals surface area contributed by atoms with Gasteiger partial charge in [-0.15, -0.1) is 5.10 Å². The SMILES string of the molecule is O=C(O)c1nn[nH]c1Sc1ccc(Br)cc1. The van der Waals surface area contributed by atoms with Crippen molar-refractivity contribution in [3.05, 3.63) is 34.4 Å². The molecule has 0 radical (unpaired) electrons. The van der Waals surface area contributed by atoms with E-state index in [1.165, 1.54) is 11.8 Å². The topological polar surface area (TPSA) is 78.9 Å². The maximum absolute atomic E-state index is 10.8. The minimum atomic E-state index is -1.09. The van der Waals surface area contributed by atoms with Crippen molar-refractivity contribution in [3.63, 3.8) is 0 Å². The number of carbonyl (C=O) groups is 1. The number of halogens is 1. The third-order valence-corrected chi connectivity index (χ3v) is 3.28. The Labute approximate surface area is 103 Å². The van der Waals surface area contributed by atoms with Gasteiger partial charge in [0.15, 0.2) is 0 Å². The molecule has 82 valence electrons. The first-order valence-corrected chi connectivity index (χ1v) is 5.85. The van der Waals surface area contributed by atoms with E-state index in [0.29, 0.717) is 5.03 Å². The van der Waals surface area contributed by atoms with Gasteiger partial charge >= 0.3 is 5.97 Å². The summed E-state index contributed by atoms with van der Waals surface area (Å²) in [6, 6.07) is 7.52. The predicted molar refractivity (Wildman–Crippen MR) is 61.6 cm³/mol. The van der Waals surface area contributed by atoms with Gasteiger partial charge in [0.1, 0.15) is 5.03 Å². The van der Waals surface area contributed by atoms with Crippen LogP contribution in [-0.2, 0) is 0 Å². The van der Waals surface area contributed by atoms with E-state index in [1.54, 1.807) is 0 Å². The number of hydrogen-bond donors (Lipinski definition) is 2. The Bertz CT molecular complexity index is 512. The van der Waals surface area contributed by atoms with E-state index in [9.17, 15) is 4.79 Å². The second kappa shape index (κ2) is 4.67. The zero-order chi connectivity index (χ0) is 11.5. The highest BCUT2D eigenvalue weighted by Gasteiger charge is 2.15. The lowest BCUT2D eigenvalue weighted by atomic mass is 10.4. The fraction of sp³-hybridized carbons (Fsp3) is 0. The van der Waals surface area contributed by atoms with Crippen molar-refractivity contribution < 1.29 is 9.90 Å². The Morgan fingerprint density at radius 3 is 2.69 bits per heavy atom. The summed E-state index contributed by atoms with van der Waals surface area (Å²) in [6.45, 7) is 0. The van der Waals surface area contributed by atoms with Gasteiger partial charge in [-0.3, -0.25) is 5.10 Å². The van der Waals surface area contributed by atoms with Crippen LogP contribution in [0.25, 0.3) is 0 Å². The molecule has 0 fully saturated rings. The van der Waals surface area contributed by atoms with Gasteiger partial charge in [-0.25, -0.2) is 4.79 Å². The van der Waals surface area contributed by atoms with Crippen molar-refractivity contribution >= 4 is 33.7 Å². The average Bonchev–Trinajstić information content (AvgIpc) is 2.69. The Hall–Kier alpha value is -1.34. The minimum absolute atomic E-state index is 0.0621. The molecule has 0 saturated carbocycles. The number of hydrogen-bond acceptors (Lipinski definition) is 4. The van der Waals surface area contributed by atoms with Gasteiger partial charge in [0.05, 0.1) is 0 Å². The smallest absolute Gasteiger partial charge is 0.359 e. The van der Waals surface area contributed by atoms with Crippen LogP contribution in [0.2, 0.25) is 0 Å². The van der Waals surface area contributed by atoms with Crippen molar-refractivity contribution in [1.29, 1.82) is 0 Å². The standard InChI is InChI=1S/C9H6BrN3O2S/c10-5-1-3-6(4-2-5)16-8-7(9(14)15)11-13-12-8/h1-4H,(H,14,15)(H,11,12,13). The highest BCUT2D eigenvalue weighted by Crippen LogP contribution is 2.28. The number of rotatable bonds is 3. The number of carboxylic acids is 1. The molecular formula is C9H6BrN3O2S. The molecular weight excluding hydrogens is 294 g/mol. The molecule has 0 saturated heterocycles. The van der Waals surface area contributed by atoms with Gasteiger partial charge in [-0.05, 0) is 24.3 Å². The van der Waals surface area contributed by atoms with E-state index in [-0.39, 0.29) is 5.69 Å². The van der Waals surface area contributed by atoms with Crippen LogP contribution >= 0.6 is 27.7 Å². The van der Waals surface area contributed by atoms with Gasteiger partial charge in [0.25, 0.3) is 0 Å². The summed E-state index contributed by atoms with van der Waals surface area (Å²) in [6.07, 6.45) is 0. The fourth-order valence-electron chi connectivity index (χ4n) is 1.05. The van der Waals surface area contributed by atoms with Gasteiger partial charge in [-0.1, -0.05) is 32.9 Å². The summed E-state index contributed by atoms with van der Waals surface area (Å²) in [5.74, 6) is -1.09. The highest BCUT2D eigenvalue weighted by atomic mass is 79.9. The molecule has 1 heterocycles. The van der Waals surface area contributed by atoms with Crippen LogP contribution in [-0.4, -0.2) is 26.5 Å². The highest BCUT2D eigenvalue weighted by molar-refractivity contribution is 9.10. The summed E-state index contributed by atoms with van der Waals surface area (Å²) < 4.78 is 0.970. The molecule has 2 aromatic rings. The molecule has 1 aromatic carbocycles. The first-order valence-electron chi connectivity index (χ1n) is 4.24. The summed E-state index contributed by atoms with van der Waals surface area (Å²) in [5, 5.41) is 18.8. The Kier molecular flexibility index (Phi) is 3.25. The van der Waals surface area contributed by atoms with E-state index in [4.69, 9.17) is 5.11 Å². The first-order chi connectivity index (χ1) is 7.66. The number of aromatic amines is 1. The summed E-state index contributed by atoms with van der Waals surface area (Å²) in [5.41, 5.74) is -0.0621. The molecule has 0 unspecified atom stereocenters. The number of benzene rings is 1. The van der Waals surface area contributed by atoms with E-state index in [2.05, 4.69) is 31.3 Å². The van der Waals surface area contributed by atoms with Crippen molar-refractivity contribution in [2.75, 3.05) is 0 Å². The maximum Gasteiger partial charge on any atom is 0.359 e. The number of H-pyrrole nitrogens is 1. The van der Waals surface area contributed by atoms with E-state index in [1.807, 2.05) is 24.3 Å². The average molecular weight is 300 g/mol. The lowest BCUT2D eigenvalue weighted by molar-refractivity contribution is 0.0686. The third kappa shape index (κ3) is 2.42. The molecule has 0 aliphatic heterocycles. The lowest BCUT2D eigenvalue weighted by Crippen LogP contribution is -1.98. The Morgan fingerprint density at radius 1 is 1.38 bits per heavy atom. The second-order valence-corrected chi connectivity index (χ2v) is 4.85. The number of aromatic carboxylic acids is 1. The number of aromatic nitrogens is 3. The number of carboxylic acid groups (broad SMARTS) is 1. The minimum Gasteiger partial charge on any atom is -0.476 e. The second-order valence-electron chi connectivity index (χ2n) is 2.85. The Morgan fingerprint density at radius 2 is 2.06 bits per heavy atom. The molecule has 0 aliphatic rings. The molecule has 2 rings (SSSR count). The van der Waals surface area contributed by atoms with Crippen molar-refractivity contribution in [2.24, 2.45) is 0 Å². The molecule has 2 N–H and O–H groups in total. The lowest BCUT2D eigenvalue weighted by Gasteiger charge is -1.98. The zero-order valence-corrected chi connectivity index (χ0v) is 10.2. The molecule has 5 nitrogen and oxygen atoms in total. The van der Waals surface area contributed by atoms with E-state index >= 15 is 0 Å². The molecule has 1 aromatic heterocycles. The normalized spacial score (nSPS) is 10.3. The molecule has 0 spiro atoms. The van der Waals surface area contributed by atoms with Gasteiger partial charge in [-0.2, -0.15) is 0 Å². The zero-order valence-electron chi connectivity index (χ0n) is 7.85. The van der Waals surface area contributed by atoms with E-state index < -0.39 is 5.97 Å². The molecule has 0 bridgehead atoms. The molecule has 0 atom stereocenters. The van der Waals surface area contributed by atoms with Crippen LogP contribution in [0.1, 0.15) is 10.5 Å². The van der Waals surface area contributed by atoms with Gasteiger partial charge in [0, 0.05) is 9.37 Å². The third-order valence-electron chi connectivity index (χ3n) is 1.75. The van der Waals surface area contributed by atoms with Crippen LogP contribution in [0, 0.1) is 0 Å². The largest absolute Gasteiger partial charge is 0.476 e. The predicted octanol–water partition coefficient (Wildman–Crippen LogP) is 2.42. The van der Waals surface area contributed by atoms with Crippen molar-refractivity contribution in [3.8, 4) is 0 Å². The molecule has 0 aliphatic carbocycles. The van der Waals surface area contributed by atoms with Crippen molar-refractivity contribution in [2.45, 2.75) is 9.92 Å². The Balaban J connectivity index is 2.23. The molecule has 16 heavy (non-hydrogen) atoms. The van der Waals surface area contributed by atoms with Crippen LogP contribution in [0.4, 0.5) is 0 Å².